The van der Waals surface area contributed by atoms with Gasteiger partial charge in [0.2, 0.25) is 0 Å². The Bertz CT molecular complexity index is 527. The Morgan fingerprint density at radius 2 is 2.21 bits per heavy atom. The van der Waals surface area contributed by atoms with Crippen LogP contribution < -0.4 is 10.1 Å². The summed E-state index contributed by atoms with van der Waals surface area (Å²) in [4.78, 5) is 0. The van der Waals surface area contributed by atoms with Gasteiger partial charge in [0.1, 0.15) is 5.75 Å². The van der Waals surface area contributed by atoms with E-state index in [0.29, 0.717) is 12.2 Å². The highest BCUT2D eigenvalue weighted by Gasteiger charge is 2.38. The summed E-state index contributed by atoms with van der Waals surface area (Å²) < 4.78 is 29.7. The van der Waals surface area contributed by atoms with Crippen LogP contribution in [0, 0.1) is 0 Å². The van der Waals surface area contributed by atoms with Gasteiger partial charge in [-0.05, 0) is 37.1 Å². The molecule has 1 fully saturated rings. The van der Waals surface area contributed by atoms with E-state index in [0.717, 1.165) is 18.5 Å². The Morgan fingerprint density at radius 3 is 2.89 bits per heavy atom. The first-order chi connectivity index (χ1) is 9.06. The fraction of sp³-hybridized carbons (Fsp3) is 0.571. The number of sulfone groups is 1. The second-order valence-electron chi connectivity index (χ2n) is 4.98. The average molecular weight is 283 g/mol. The van der Waals surface area contributed by atoms with Gasteiger partial charge in [0.25, 0.3) is 0 Å². The number of nitrogens with one attached hydrogen (secondary N) is 1. The molecule has 19 heavy (non-hydrogen) atoms. The first kappa shape index (κ1) is 14.3. The Balaban J connectivity index is 2.19. The van der Waals surface area contributed by atoms with E-state index in [1.54, 1.807) is 7.11 Å². The van der Waals surface area contributed by atoms with Crippen molar-refractivity contribution in [2.24, 2.45) is 0 Å². The third-order valence-corrected chi connectivity index (χ3v) is 5.71. The van der Waals surface area contributed by atoms with Crippen molar-refractivity contribution in [1.29, 1.82) is 0 Å². The van der Waals surface area contributed by atoms with Gasteiger partial charge in [-0.25, -0.2) is 8.42 Å². The third-order valence-electron chi connectivity index (χ3n) is 3.51. The number of rotatable bonds is 5. The normalized spacial score (nSPS) is 25.4. The lowest BCUT2D eigenvalue weighted by Crippen LogP contribution is -2.30. The minimum absolute atomic E-state index is 0.0705. The van der Waals surface area contributed by atoms with Crippen molar-refractivity contribution < 1.29 is 13.2 Å². The van der Waals surface area contributed by atoms with Crippen LogP contribution in [-0.4, -0.2) is 33.9 Å². The predicted molar refractivity (Wildman–Crippen MR) is 76.2 cm³/mol. The van der Waals surface area contributed by atoms with Crippen LogP contribution in [0.1, 0.15) is 30.6 Å². The van der Waals surface area contributed by atoms with Crippen molar-refractivity contribution in [3.8, 4) is 5.75 Å². The number of hydrogen-bond acceptors (Lipinski definition) is 4. The van der Waals surface area contributed by atoms with Gasteiger partial charge in [-0.3, -0.25) is 0 Å². The summed E-state index contributed by atoms with van der Waals surface area (Å²) in [7, 11) is -1.47. The molecule has 1 aromatic carbocycles. The highest BCUT2D eigenvalue weighted by atomic mass is 32.2. The summed E-state index contributed by atoms with van der Waals surface area (Å²) in [6, 6.07) is 7.44. The van der Waals surface area contributed by atoms with Crippen molar-refractivity contribution >= 4 is 9.84 Å². The lowest BCUT2D eigenvalue weighted by molar-refractivity contribution is 0.414. The van der Waals surface area contributed by atoms with Gasteiger partial charge in [0, 0.05) is 6.04 Å². The molecule has 2 atom stereocenters. The Morgan fingerprint density at radius 1 is 1.42 bits per heavy atom. The molecule has 0 amide bonds. The van der Waals surface area contributed by atoms with E-state index in [1.165, 1.54) is 0 Å². The van der Waals surface area contributed by atoms with Gasteiger partial charge in [-0.1, -0.05) is 19.1 Å². The van der Waals surface area contributed by atoms with Gasteiger partial charge < -0.3 is 10.1 Å². The molecule has 106 valence electrons. The summed E-state index contributed by atoms with van der Waals surface area (Å²) in [5.41, 5.74) is 0.833. The first-order valence-electron chi connectivity index (χ1n) is 6.65. The van der Waals surface area contributed by atoms with Crippen LogP contribution in [0.25, 0.3) is 0 Å². The maximum Gasteiger partial charge on any atom is 0.158 e. The Kier molecular flexibility index (Phi) is 4.47. The second kappa shape index (κ2) is 5.92. The topological polar surface area (TPSA) is 55.4 Å². The van der Waals surface area contributed by atoms with Gasteiger partial charge in [0.15, 0.2) is 9.84 Å². The standard InChI is InChI=1S/C14H21NO3S/c1-3-7-15-12-9-14(19(16,17)10-12)11-5-4-6-13(8-11)18-2/h4-6,8,12,14-15H,3,7,9-10H2,1-2H3/t12?,14-/m1/s1. The molecule has 1 saturated heterocycles. The lowest BCUT2D eigenvalue weighted by atomic mass is 10.1. The molecule has 0 aliphatic carbocycles. The zero-order valence-corrected chi connectivity index (χ0v) is 12.2. The van der Waals surface area contributed by atoms with E-state index in [2.05, 4.69) is 12.2 Å². The van der Waals surface area contributed by atoms with Gasteiger partial charge in [0.05, 0.1) is 18.1 Å². The first-order valence-corrected chi connectivity index (χ1v) is 8.37. The van der Waals surface area contributed by atoms with Gasteiger partial charge in [-0.2, -0.15) is 0 Å². The number of ether oxygens (including phenoxy) is 1. The molecule has 1 aliphatic heterocycles. The minimum Gasteiger partial charge on any atom is -0.497 e. The second-order valence-corrected chi connectivity index (χ2v) is 7.21. The zero-order chi connectivity index (χ0) is 13.9. The van der Waals surface area contributed by atoms with Crippen LogP contribution in [0.15, 0.2) is 24.3 Å². The molecule has 0 spiro atoms. The van der Waals surface area contributed by atoms with Crippen LogP contribution in [-0.2, 0) is 9.84 Å². The molecule has 0 radical (unpaired) electrons. The number of hydrogen-bond donors (Lipinski definition) is 1. The monoisotopic (exact) mass is 283 g/mol. The van der Waals surface area contributed by atoms with E-state index < -0.39 is 15.1 Å². The van der Waals surface area contributed by atoms with E-state index in [4.69, 9.17) is 4.74 Å². The zero-order valence-electron chi connectivity index (χ0n) is 11.4. The number of benzene rings is 1. The van der Waals surface area contributed by atoms with E-state index in [-0.39, 0.29) is 11.8 Å². The molecular formula is C14H21NO3S. The molecule has 1 unspecified atom stereocenters. The molecule has 2 rings (SSSR count). The van der Waals surface area contributed by atoms with Gasteiger partial charge >= 0.3 is 0 Å². The summed E-state index contributed by atoms with van der Waals surface area (Å²) in [5, 5.41) is 2.90. The van der Waals surface area contributed by atoms with Crippen molar-refractivity contribution in [2.45, 2.75) is 31.1 Å². The molecule has 1 aliphatic rings. The summed E-state index contributed by atoms with van der Waals surface area (Å²) >= 11 is 0. The molecule has 4 nitrogen and oxygen atoms in total. The molecule has 1 heterocycles. The van der Waals surface area contributed by atoms with E-state index >= 15 is 0 Å². The van der Waals surface area contributed by atoms with Crippen molar-refractivity contribution in [1.82, 2.24) is 5.32 Å². The average Bonchev–Trinajstić information content (AvgIpc) is 2.71. The molecule has 1 N–H and O–H groups in total. The molecule has 0 aromatic heterocycles. The lowest BCUT2D eigenvalue weighted by Gasteiger charge is -2.12. The van der Waals surface area contributed by atoms with Crippen LogP contribution >= 0.6 is 0 Å². The van der Waals surface area contributed by atoms with Crippen LogP contribution in [0.3, 0.4) is 0 Å². The summed E-state index contributed by atoms with van der Waals surface area (Å²) in [5.74, 6) is 0.937. The molecule has 1 aromatic rings. The third kappa shape index (κ3) is 3.28. The van der Waals surface area contributed by atoms with Crippen LogP contribution in [0.2, 0.25) is 0 Å². The molecular weight excluding hydrogens is 262 g/mol. The van der Waals surface area contributed by atoms with Crippen LogP contribution in [0.4, 0.5) is 0 Å². The summed E-state index contributed by atoms with van der Waals surface area (Å²) in [6.07, 6.45) is 1.66. The SMILES string of the molecule is CCCNC1C[C@H](c2cccc(OC)c2)S(=O)(=O)C1. The molecule has 5 heteroatoms. The Labute approximate surface area is 115 Å². The van der Waals surface area contributed by atoms with E-state index in [1.807, 2.05) is 24.3 Å². The fourth-order valence-corrected chi connectivity index (χ4v) is 4.68. The smallest absolute Gasteiger partial charge is 0.158 e. The fourth-order valence-electron chi connectivity index (χ4n) is 2.55. The van der Waals surface area contributed by atoms with Gasteiger partial charge in [-0.15, -0.1) is 0 Å². The maximum absolute atomic E-state index is 12.3. The number of methoxy groups -OCH3 is 1. The highest BCUT2D eigenvalue weighted by Crippen LogP contribution is 2.36. The van der Waals surface area contributed by atoms with E-state index in [9.17, 15) is 8.42 Å². The van der Waals surface area contributed by atoms with Crippen molar-refractivity contribution in [3.05, 3.63) is 29.8 Å². The van der Waals surface area contributed by atoms with Crippen molar-refractivity contribution in [2.75, 3.05) is 19.4 Å². The molecule has 0 saturated carbocycles. The predicted octanol–water partition coefficient (Wildman–Crippen LogP) is 1.92. The largest absolute Gasteiger partial charge is 0.497 e. The van der Waals surface area contributed by atoms with Crippen LogP contribution in [0.5, 0.6) is 5.75 Å². The quantitative estimate of drug-likeness (QED) is 0.897. The maximum atomic E-state index is 12.3. The summed E-state index contributed by atoms with van der Waals surface area (Å²) in [6.45, 7) is 2.95. The highest BCUT2D eigenvalue weighted by molar-refractivity contribution is 7.92. The molecule has 0 bridgehead atoms. The minimum atomic E-state index is -3.06. The van der Waals surface area contributed by atoms with Crippen molar-refractivity contribution in [3.63, 3.8) is 0 Å². The Hall–Kier alpha value is -1.07.